The molecule has 0 bridgehead atoms. The van der Waals surface area contributed by atoms with Crippen LogP contribution >= 0.6 is 0 Å². The lowest BCUT2D eigenvalue weighted by Gasteiger charge is -2.43. The third-order valence-electron chi connectivity index (χ3n) is 9.50. The second-order valence-electron chi connectivity index (χ2n) is 13.9. The van der Waals surface area contributed by atoms with Crippen molar-refractivity contribution in [1.82, 2.24) is 0 Å². The second kappa shape index (κ2) is 21.5. The number of phenols is 3. The van der Waals surface area contributed by atoms with Gasteiger partial charge in [0.2, 0.25) is 5.79 Å². The van der Waals surface area contributed by atoms with Crippen LogP contribution in [0.1, 0.15) is 23.6 Å². The van der Waals surface area contributed by atoms with Crippen LogP contribution in [0.3, 0.4) is 0 Å². The number of hydrogen-bond acceptors (Lipinski definition) is 20. The van der Waals surface area contributed by atoms with Gasteiger partial charge in [0.25, 0.3) is 0 Å². The fourth-order valence-electron chi connectivity index (χ4n) is 6.33. The minimum absolute atomic E-state index is 0.0322. The summed E-state index contributed by atoms with van der Waals surface area (Å²) in [6.45, 7) is -1.70. The smallest absolute Gasteiger partial charge is 0.331 e. The molecule has 0 amide bonds. The van der Waals surface area contributed by atoms with E-state index in [0.29, 0.717) is 16.7 Å². The minimum atomic E-state index is -2.67. The average molecular weight is 883 g/mol. The van der Waals surface area contributed by atoms with E-state index in [1.54, 1.807) is 0 Å². The molecule has 20 heteroatoms. The number of rotatable bonds is 17. The number of methoxy groups -OCH3 is 2. The first-order chi connectivity index (χ1) is 30.1. The summed E-state index contributed by atoms with van der Waals surface area (Å²) in [5, 5.41) is 71.6. The number of aliphatic hydroxyl groups is 4. The fraction of sp³-hybridized carbons (Fsp3) is 0.349. The van der Waals surface area contributed by atoms with E-state index in [-0.39, 0.29) is 28.7 Å². The molecule has 0 radical (unpaired) electrons. The molecule has 7 N–H and O–H groups in total. The molecule has 2 heterocycles. The van der Waals surface area contributed by atoms with E-state index in [0.717, 1.165) is 25.2 Å². The highest BCUT2D eigenvalue weighted by Crippen LogP contribution is 2.41. The summed E-state index contributed by atoms with van der Waals surface area (Å²) in [5.74, 6) is -6.97. The van der Waals surface area contributed by atoms with Crippen molar-refractivity contribution in [1.29, 1.82) is 0 Å². The van der Waals surface area contributed by atoms with E-state index in [4.69, 9.17) is 42.6 Å². The Hall–Kier alpha value is -6.52. The van der Waals surface area contributed by atoms with Gasteiger partial charge in [-0.05, 0) is 71.3 Å². The summed E-state index contributed by atoms with van der Waals surface area (Å²) in [4.78, 5) is 52.6. The van der Waals surface area contributed by atoms with Crippen LogP contribution < -0.4 is 9.47 Å². The van der Waals surface area contributed by atoms with Crippen LogP contribution in [0.25, 0.3) is 18.2 Å². The molecule has 2 fully saturated rings. The molecule has 338 valence electrons. The van der Waals surface area contributed by atoms with Crippen molar-refractivity contribution >= 4 is 42.1 Å². The summed E-state index contributed by atoms with van der Waals surface area (Å²) in [6.07, 6.45) is -8.00. The first-order valence-electron chi connectivity index (χ1n) is 19.0. The van der Waals surface area contributed by atoms with E-state index >= 15 is 0 Å². The summed E-state index contributed by atoms with van der Waals surface area (Å²) in [6, 6.07) is 14.1. The Morgan fingerprint density at radius 3 is 1.78 bits per heavy atom. The Morgan fingerprint density at radius 1 is 0.683 bits per heavy atom. The van der Waals surface area contributed by atoms with Gasteiger partial charge in [-0.25, -0.2) is 14.4 Å². The Balaban J connectivity index is 1.52. The Morgan fingerprint density at radius 2 is 1.22 bits per heavy atom. The maximum atomic E-state index is 13.7. The van der Waals surface area contributed by atoms with Crippen molar-refractivity contribution in [2.75, 3.05) is 34.0 Å². The predicted octanol–water partition coefficient (Wildman–Crippen LogP) is 1.10. The van der Waals surface area contributed by atoms with E-state index in [1.807, 2.05) is 0 Å². The molecule has 63 heavy (non-hydrogen) atoms. The Bertz CT molecular complexity index is 2170. The largest absolute Gasteiger partial charge is 0.508 e. The van der Waals surface area contributed by atoms with Gasteiger partial charge in [-0.1, -0.05) is 24.3 Å². The van der Waals surface area contributed by atoms with Crippen LogP contribution in [-0.2, 0) is 52.3 Å². The molecule has 20 nitrogen and oxygen atoms in total. The molecule has 0 unspecified atom stereocenters. The van der Waals surface area contributed by atoms with E-state index in [1.165, 1.54) is 93.1 Å². The highest BCUT2D eigenvalue weighted by molar-refractivity contribution is 5.88. The molecule has 0 aromatic heterocycles. The van der Waals surface area contributed by atoms with Gasteiger partial charge in [-0.3, -0.25) is 4.79 Å². The third kappa shape index (κ3) is 12.3. The lowest BCUT2D eigenvalue weighted by Crippen LogP contribution is -2.63. The summed E-state index contributed by atoms with van der Waals surface area (Å²) in [5.41, 5.74) is 1.24. The molecule has 2 aliphatic rings. The van der Waals surface area contributed by atoms with Crippen LogP contribution in [0.4, 0.5) is 0 Å². The molecule has 3 aromatic carbocycles. The van der Waals surface area contributed by atoms with Gasteiger partial charge in [0.15, 0.2) is 41.5 Å². The van der Waals surface area contributed by atoms with E-state index in [9.17, 15) is 54.9 Å². The summed E-state index contributed by atoms with van der Waals surface area (Å²) in [7, 11) is 2.65. The van der Waals surface area contributed by atoms with Crippen molar-refractivity contribution in [3.05, 3.63) is 95.6 Å². The Labute approximate surface area is 359 Å². The lowest BCUT2D eigenvalue weighted by molar-refractivity contribution is -0.383. The van der Waals surface area contributed by atoms with Crippen molar-refractivity contribution in [3.63, 3.8) is 0 Å². The quantitative estimate of drug-likeness (QED) is 0.0567. The zero-order valence-electron chi connectivity index (χ0n) is 33.9. The molecule has 3 aromatic rings. The molecular weight excluding hydrogens is 836 g/mol. The first-order valence-corrected chi connectivity index (χ1v) is 19.0. The zero-order chi connectivity index (χ0) is 45.8. The van der Waals surface area contributed by atoms with E-state index < -0.39 is 98.5 Å². The van der Waals surface area contributed by atoms with Gasteiger partial charge in [0.05, 0.1) is 20.8 Å². The zero-order valence-corrected chi connectivity index (χ0v) is 33.9. The number of esters is 4. The number of phenolic OH excluding ortho intramolecular Hbond substituents is 3. The lowest BCUT2D eigenvalue weighted by atomic mass is 9.99. The van der Waals surface area contributed by atoms with Gasteiger partial charge >= 0.3 is 23.9 Å². The van der Waals surface area contributed by atoms with Crippen molar-refractivity contribution < 1.29 is 97.6 Å². The number of carbonyl (C=O) groups excluding carboxylic acids is 4. The Kier molecular flexibility index (Phi) is 16.2. The van der Waals surface area contributed by atoms with Crippen molar-refractivity contribution in [2.24, 2.45) is 0 Å². The molecule has 5 rings (SSSR count). The van der Waals surface area contributed by atoms with Crippen LogP contribution in [0.15, 0.2) is 78.9 Å². The SMILES string of the molecule is COc1cc(/C=C/C(=O)OC[C@H]2O[C@@](COC(=O)/C=C/c3ccc(O)cc3)(O[C@H]3O[C@H](CO)[C@@H](O)[C@H](O)[C@H]3O)[C@@H](OC(=O)/C=C/c3ccc(O)c(OC)c3)[C@@H]2OC(C)=O)ccc1O. The fourth-order valence-corrected chi connectivity index (χ4v) is 6.33. The number of carbonyl (C=O) groups is 4. The highest BCUT2D eigenvalue weighted by Gasteiger charge is 2.64. The van der Waals surface area contributed by atoms with Gasteiger partial charge in [0.1, 0.15) is 49.5 Å². The molecule has 0 aliphatic carbocycles. The highest BCUT2D eigenvalue weighted by atomic mass is 16.8. The third-order valence-corrected chi connectivity index (χ3v) is 9.50. The monoisotopic (exact) mass is 882 g/mol. The maximum Gasteiger partial charge on any atom is 0.331 e. The van der Waals surface area contributed by atoms with Gasteiger partial charge in [-0.15, -0.1) is 0 Å². The van der Waals surface area contributed by atoms with Gasteiger partial charge < -0.3 is 78.4 Å². The number of benzene rings is 3. The molecule has 9 atom stereocenters. The average Bonchev–Trinajstić information content (AvgIpc) is 3.53. The molecular formula is C43H46O20. The molecule has 2 saturated heterocycles. The number of aliphatic hydroxyl groups excluding tert-OH is 4. The van der Waals surface area contributed by atoms with Gasteiger partial charge in [0, 0.05) is 25.2 Å². The molecule has 0 spiro atoms. The van der Waals surface area contributed by atoms with Crippen LogP contribution in [0.5, 0.6) is 28.7 Å². The van der Waals surface area contributed by atoms with Crippen LogP contribution in [0, 0.1) is 0 Å². The topological polar surface area (TPSA) is 293 Å². The number of ether oxygens (including phenoxy) is 9. The molecule has 0 saturated carbocycles. The maximum absolute atomic E-state index is 13.7. The van der Waals surface area contributed by atoms with Crippen molar-refractivity contribution in [2.45, 2.75) is 61.7 Å². The number of hydrogen-bond donors (Lipinski definition) is 7. The van der Waals surface area contributed by atoms with Crippen LogP contribution in [-0.4, -0.2) is 148 Å². The summed E-state index contributed by atoms with van der Waals surface area (Å²) < 4.78 is 50.4. The van der Waals surface area contributed by atoms with Crippen LogP contribution in [0.2, 0.25) is 0 Å². The minimum Gasteiger partial charge on any atom is -0.508 e. The predicted molar refractivity (Wildman–Crippen MR) is 214 cm³/mol. The first kappa shape index (κ1) is 47.5. The standard InChI is InChI=1S/C43H46O20/c1-23(45)59-40-33(21-57-34(49)16-9-25-6-13-28(47)30(18-25)55-2)62-43(63-42-39(54)38(53)37(52)32(20-44)60-42,22-58-35(50)15-8-24-4-11-27(46)12-5-24)41(40)61-36(51)17-10-26-7-14-29(48)31(19-26)56-3/h4-19,32-33,37-42,44,46-48,52-54H,20-22H2,1-3H3/b15-8+,16-9+,17-10+/t32-,33-,37-,38+,39-,40-,41+,42-,43+/m1/s1. The normalized spacial score (nSPS) is 25.8. The number of aromatic hydroxyl groups is 3. The van der Waals surface area contributed by atoms with E-state index in [2.05, 4.69) is 0 Å². The second-order valence-corrected chi connectivity index (χ2v) is 13.9. The molecule has 2 aliphatic heterocycles. The van der Waals surface area contributed by atoms with Gasteiger partial charge in [-0.2, -0.15) is 0 Å². The van der Waals surface area contributed by atoms with Crippen molar-refractivity contribution in [3.8, 4) is 28.7 Å². The summed E-state index contributed by atoms with van der Waals surface area (Å²) >= 11 is 0.